The zero-order chi connectivity index (χ0) is 32.1. The fourth-order valence-electron chi connectivity index (χ4n) is 2.82. The van der Waals surface area contributed by atoms with Crippen LogP contribution in [0.1, 0.15) is 12.8 Å². The van der Waals surface area contributed by atoms with Crippen LogP contribution in [0.2, 0.25) is 0 Å². The number of guanidine groups is 1. The van der Waals surface area contributed by atoms with E-state index in [0.717, 1.165) is 9.80 Å². The second-order valence-electron chi connectivity index (χ2n) is 8.52. The fraction of sp³-hybridized carbons (Fsp3) is 0.714. The highest BCUT2D eigenvalue weighted by Crippen LogP contribution is 2.02. The maximum absolute atomic E-state index is 11.8. The van der Waals surface area contributed by atoms with Gasteiger partial charge >= 0.3 is 29.8 Å². The van der Waals surface area contributed by atoms with E-state index in [-0.39, 0.29) is 19.0 Å². The van der Waals surface area contributed by atoms with Crippen LogP contribution in [0, 0.1) is 5.41 Å². The van der Waals surface area contributed by atoms with Gasteiger partial charge in [0.1, 0.15) is 31.0 Å². The Kier molecular flexibility index (Phi) is 21.3. The highest BCUT2D eigenvalue weighted by molar-refractivity contribution is 5.75. The second-order valence-corrected chi connectivity index (χ2v) is 8.52. The molecule has 0 saturated heterocycles. The molecule has 14 N–H and O–H groups in total. The molecule has 0 aliphatic heterocycles. The number of ether oxygens (including phenoxy) is 1. The molecule has 20 heteroatoms. The van der Waals surface area contributed by atoms with Gasteiger partial charge < -0.3 is 62.4 Å². The quantitative estimate of drug-likeness (QED) is 0.0252. The lowest BCUT2D eigenvalue weighted by Crippen LogP contribution is -2.45. The number of aliphatic hydroxyl groups is 4. The van der Waals surface area contributed by atoms with Crippen LogP contribution in [0.15, 0.2) is 0 Å². The molecule has 0 amide bonds. The number of aliphatic hydroxyl groups excluding tert-OH is 4. The number of nitrogens with zero attached hydrogens (tertiary/aromatic N) is 2. The van der Waals surface area contributed by atoms with E-state index in [2.05, 4.69) is 10.1 Å². The Hall–Kier alpha value is -3.66. The summed E-state index contributed by atoms with van der Waals surface area (Å²) in [4.78, 5) is 56.6. The first-order chi connectivity index (χ1) is 19.0. The number of esters is 1. The number of carboxylic acid groups (broad SMARTS) is 4. The van der Waals surface area contributed by atoms with Crippen molar-refractivity contribution in [2.45, 2.75) is 37.2 Å². The van der Waals surface area contributed by atoms with Gasteiger partial charge in [0.05, 0.1) is 32.8 Å². The smallest absolute Gasteiger partial charge is 0.320 e. The first-order valence-electron chi connectivity index (χ1n) is 12.0. The average molecular weight is 601 g/mol. The van der Waals surface area contributed by atoms with Gasteiger partial charge in [0.15, 0.2) is 5.96 Å². The van der Waals surface area contributed by atoms with Crippen LogP contribution in [0.5, 0.6) is 0 Å². The van der Waals surface area contributed by atoms with Gasteiger partial charge in [-0.25, -0.2) is 0 Å². The fourth-order valence-corrected chi connectivity index (χ4v) is 2.82. The molecular formula is C21H40N6O14. The van der Waals surface area contributed by atoms with Crippen LogP contribution >= 0.6 is 0 Å². The van der Waals surface area contributed by atoms with Crippen molar-refractivity contribution in [1.29, 1.82) is 5.41 Å². The van der Waals surface area contributed by atoms with Crippen LogP contribution in [0.25, 0.3) is 0 Å². The number of rotatable bonds is 21. The van der Waals surface area contributed by atoms with Gasteiger partial charge in [0.25, 0.3) is 0 Å². The standard InChI is InChI=1S/C15H26N2O12.C6H14N4O2/c18-7-9(19)15(28)10(20)8-29-14(27)6-17(5-13(25)26)2-1-16(3-11(21)22)4-12(23)24;7-4(5(11)12)2-1-3-10-6(8)9/h9-10,15,18-20,28H,1-8H2,(H,21,22)(H,23,24)(H,25,26);4H,1-3,7H2,(H,11,12)(H4,8,9,10)/t9-,10+,15+;4-/m10/s1. The molecule has 0 aliphatic rings. The summed E-state index contributed by atoms with van der Waals surface area (Å²) in [6.45, 7) is -3.83. The predicted molar refractivity (Wildman–Crippen MR) is 137 cm³/mol. The molecule has 238 valence electrons. The van der Waals surface area contributed by atoms with E-state index in [1.54, 1.807) is 0 Å². The summed E-state index contributed by atoms with van der Waals surface area (Å²) in [5, 5.41) is 81.1. The van der Waals surface area contributed by atoms with Crippen molar-refractivity contribution in [2.24, 2.45) is 11.5 Å². The maximum Gasteiger partial charge on any atom is 0.320 e. The van der Waals surface area contributed by atoms with Crippen molar-refractivity contribution in [3.8, 4) is 0 Å². The lowest BCUT2D eigenvalue weighted by Gasteiger charge is -2.25. The average Bonchev–Trinajstić information content (AvgIpc) is 2.86. The molecule has 0 aromatic heterocycles. The molecule has 0 fully saturated rings. The molecule has 4 atom stereocenters. The summed E-state index contributed by atoms with van der Waals surface area (Å²) in [6.07, 6.45) is -4.15. The highest BCUT2D eigenvalue weighted by Gasteiger charge is 2.26. The van der Waals surface area contributed by atoms with E-state index >= 15 is 0 Å². The second kappa shape index (κ2) is 22.1. The normalized spacial score (nSPS) is 13.7. The van der Waals surface area contributed by atoms with Crippen molar-refractivity contribution < 1.29 is 69.6 Å². The Labute approximate surface area is 234 Å². The topological polar surface area (TPSA) is 351 Å². The molecule has 0 bridgehead atoms. The Morgan fingerprint density at radius 1 is 0.829 bits per heavy atom. The summed E-state index contributed by atoms with van der Waals surface area (Å²) >= 11 is 0. The number of nitrogens with two attached hydrogens (primary N) is 2. The first kappa shape index (κ1) is 39.5. The third-order valence-electron chi connectivity index (χ3n) is 4.88. The van der Waals surface area contributed by atoms with Crippen LogP contribution in [-0.2, 0) is 28.7 Å². The Bertz CT molecular complexity index is 831. The molecule has 0 unspecified atom stereocenters. The summed E-state index contributed by atoms with van der Waals surface area (Å²) in [6, 6.07) is -0.821. The minimum Gasteiger partial charge on any atom is -0.480 e. The number of hydrogen-bond donors (Lipinski definition) is 12. The number of carbonyl (C=O) groups excluding carboxylic acids is 1. The van der Waals surface area contributed by atoms with Gasteiger partial charge in [-0.3, -0.25) is 39.2 Å². The maximum atomic E-state index is 11.8. The van der Waals surface area contributed by atoms with E-state index in [4.69, 9.17) is 42.4 Å². The largest absolute Gasteiger partial charge is 0.480 e. The zero-order valence-corrected chi connectivity index (χ0v) is 22.2. The van der Waals surface area contributed by atoms with Crippen LogP contribution < -0.4 is 16.8 Å². The van der Waals surface area contributed by atoms with E-state index < -0.39 is 93.6 Å². The third kappa shape index (κ3) is 22.8. The SMILES string of the molecule is N=C(N)NCCC[C@H](N)C(=O)O.O=C(O)CN(CCN(CC(=O)O)CC(=O)OC[C@H](O)[C@@H](O)[C@H](O)CO)CC(=O)O. The van der Waals surface area contributed by atoms with E-state index in [1.807, 2.05) is 0 Å². The molecule has 0 spiro atoms. The lowest BCUT2D eigenvalue weighted by molar-refractivity contribution is -0.154. The summed E-state index contributed by atoms with van der Waals surface area (Å²) < 4.78 is 4.69. The van der Waals surface area contributed by atoms with Crippen molar-refractivity contribution >= 4 is 35.8 Å². The number of aliphatic carboxylic acids is 4. The molecule has 0 aliphatic carbocycles. The van der Waals surface area contributed by atoms with Gasteiger partial charge in [-0.05, 0) is 12.8 Å². The number of carboxylic acids is 4. The van der Waals surface area contributed by atoms with Crippen molar-refractivity contribution in [1.82, 2.24) is 15.1 Å². The molecule has 0 aromatic carbocycles. The van der Waals surface area contributed by atoms with Gasteiger partial charge in [0.2, 0.25) is 0 Å². The van der Waals surface area contributed by atoms with Crippen molar-refractivity contribution in [2.75, 3.05) is 59.0 Å². The molecule has 0 saturated carbocycles. The van der Waals surface area contributed by atoms with E-state index in [1.165, 1.54) is 0 Å². The van der Waals surface area contributed by atoms with Gasteiger partial charge in [-0.1, -0.05) is 0 Å². The van der Waals surface area contributed by atoms with Gasteiger partial charge in [-0.15, -0.1) is 0 Å². The molecular weight excluding hydrogens is 560 g/mol. The number of hydrogen-bond acceptors (Lipinski definition) is 14. The Morgan fingerprint density at radius 2 is 1.29 bits per heavy atom. The molecule has 41 heavy (non-hydrogen) atoms. The molecule has 0 radical (unpaired) electrons. The highest BCUT2D eigenvalue weighted by atomic mass is 16.5. The summed E-state index contributed by atoms with van der Waals surface area (Å²) in [5.41, 5.74) is 10.2. The summed E-state index contributed by atoms with van der Waals surface area (Å²) in [5.74, 6) is -5.97. The van der Waals surface area contributed by atoms with E-state index in [0.29, 0.717) is 19.4 Å². The van der Waals surface area contributed by atoms with Crippen molar-refractivity contribution in [3.05, 3.63) is 0 Å². The molecule has 0 heterocycles. The summed E-state index contributed by atoms with van der Waals surface area (Å²) in [7, 11) is 0. The monoisotopic (exact) mass is 600 g/mol. The van der Waals surface area contributed by atoms with Crippen LogP contribution in [-0.4, -0.2) is 170 Å². The molecule has 20 nitrogen and oxygen atoms in total. The van der Waals surface area contributed by atoms with E-state index in [9.17, 15) is 39.3 Å². The molecule has 0 aromatic rings. The zero-order valence-electron chi connectivity index (χ0n) is 22.2. The van der Waals surface area contributed by atoms with Crippen LogP contribution in [0.4, 0.5) is 0 Å². The molecule has 0 rings (SSSR count). The number of carbonyl (C=O) groups is 5. The van der Waals surface area contributed by atoms with Crippen molar-refractivity contribution in [3.63, 3.8) is 0 Å². The van der Waals surface area contributed by atoms with Gasteiger partial charge in [-0.2, -0.15) is 0 Å². The van der Waals surface area contributed by atoms with Gasteiger partial charge in [0, 0.05) is 19.6 Å². The predicted octanol–water partition coefficient (Wildman–Crippen LogP) is -5.88. The minimum absolute atomic E-state index is 0.112. The number of nitrogens with one attached hydrogen (secondary N) is 2. The first-order valence-corrected chi connectivity index (χ1v) is 12.0. The lowest BCUT2D eigenvalue weighted by atomic mass is 10.1. The van der Waals surface area contributed by atoms with Crippen LogP contribution in [0.3, 0.4) is 0 Å². The minimum atomic E-state index is -1.77. The Morgan fingerprint density at radius 3 is 1.68 bits per heavy atom. The third-order valence-corrected chi connectivity index (χ3v) is 4.88. The Balaban J connectivity index is 0.